The first kappa shape index (κ1) is 15.1. The van der Waals surface area contributed by atoms with Crippen molar-refractivity contribution >= 4 is 7.60 Å². The summed E-state index contributed by atoms with van der Waals surface area (Å²) >= 11 is 0. The minimum Gasteiger partial charge on any atom is -0.308 e. The van der Waals surface area contributed by atoms with Gasteiger partial charge in [-0.05, 0) is 33.9 Å². The molecule has 0 radical (unpaired) electrons. The molecule has 0 aromatic heterocycles. The van der Waals surface area contributed by atoms with E-state index in [2.05, 4.69) is 6.92 Å². The third kappa shape index (κ3) is 7.07. The van der Waals surface area contributed by atoms with Gasteiger partial charge in [0.05, 0.1) is 13.2 Å². The van der Waals surface area contributed by atoms with Gasteiger partial charge in [0.25, 0.3) is 0 Å². The first-order valence-corrected chi connectivity index (χ1v) is 7.37. The molecule has 0 spiro atoms. The van der Waals surface area contributed by atoms with Crippen molar-refractivity contribution in [2.24, 2.45) is 0 Å². The Morgan fingerprint density at radius 2 is 1.67 bits per heavy atom. The Hall–Kier alpha value is 0.110. The number of nitrogens with zero attached hydrogens (tertiary/aromatic N) is 1. The molecule has 0 unspecified atom stereocenters. The summed E-state index contributed by atoms with van der Waals surface area (Å²) < 4.78 is 22.5. The summed E-state index contributed by atoms with van der Waals surface area (Å²) in [6, 6.07) is 0. The molecule has 0 N–H and O–H groups in total. The van der Waals surface area contributed by atoms with E-state index < -0.39 is 7.60 Å². The van der Waals surface area contributed by atoms with Gasteiger partial charge in [-0.3, -0.25) is 9.46 Å². The number of hydrogen-bond donors (Lipinski definition) is 0. The summed E-state index contributed by atoms with van der Waals surface area (Å²) in [4.78, 5) is 2.01. The molecular formula is C10H24NO3P. The molecule has 0 atom stereocenters. The van der Waals surface area contributed by atoms with Gasteiger partial charge in [0.15, 0.2) is 0 Å². The van der Waals surface area contributed by atoms with E-state index in [1.807, 2.05) is 25.8 Å². The fourth-order valence-electron chi connectivity index (χ4n) is 1.31. The Labute approximate surface area is 93.5 Å². The second-order valence-electron chi connectivity index (χ2n) is 3.52. The highest BCUT2D eigenvalue weighted by atomic mass is 31.2. The minimum absolute atomic E-state index is 0.384. The lowest BCUT2D eigenvalue weighted by Gasteiger charge is -2.23. The molecule has 0 saturated carbocycles. The molecular weight excluding hydrogens is 213 g/mol. The Morgan fingerprint density at radius 1 is 1.13 bits per heavy atom. The van der Waals surface area contributed by atoms with Crippen molar-refractivity contribution in [3.8, 4) is 0 Å². The Kier molecular flexibility index (Phi) is 8.34. The first-order chi connectivity index (χ1) is 7.08. The van der Waals surface area contributed by atoms with Crippen molar-refractivity contribution in [1.82, 2.24) is 4.90 Å². The van der Waals surface area contributed by atoms with Crippen LogP contribution in [0.2, 0.25) is 0 Å². The molecule has 0 aliphatic heterocycles. The second kappa shape index (κ2) is 8.28. The highest BCUT2D eigenvalue weighted by Gasteiger charge is 2.25. The lowest BCUT2D eigenvalue weighted by Crippen LogP contribution is -2.22. The Bertz CT molecular complexity index is 189. The van der Waals surface area contributed by atoms with Crippen LogP contribution in [0.4, 0.5) is 0 Å². The van der Waals surface area contributed by atoms with E-state index >= 15 is 0 Å². The topological polar surface area (TPSA) is 38.8 Å². The number of hydrogen-bond acceptors (Lipinski definition) is 4. The molecule has 92 valence electrons. The van der Waals surface area contributed by atoms with Crippen LogP contribution in [0.25, 0.3) is 0 Å². The van der Waals surface area contributed by atoms with Crippen LogP contribution in [0.3, 0.4) is 0 Å². The van der Waals surface area contributed by atoms with Gasteiger partial charge in [0, 0.05) is 0 Å². The lowest BCUT2D eigenvalue weighted by molar-refractivity contribution is 0.203. The van der Waals surface area contributed by atoms with Gasteiger partial charge in [-0.2, -0.15) is 0 Å². The standard InChI is InChI=1S/C10H24NO3P/c1-5-8-9-11(4)10-15(12,13-6-2)14-7-3/h5-10H2,1-4H3. The van der Waals surface area contributed by atoms with Crippen molar-refractivity contribution in [2.75, 3.05) is 33.1 Å². The molecule has 0 saturated heterocycles. The van der Waals surface area contributed by atoms with E-state index in [1.165, 1.54) is 0 Å². The van der Waals surface area contributed by atoms with Crippen LogP contribution in [0, 0.1) is 0 Å². The summed E-state index contributed by atoms with van der Waals surface area (Å²) in [6.45, 7) is 7.59. The SMILES string of the molecule is CCCCN(C)CP(=O)(OCC)OCC. The van der Waals surface area contributed by atoms with Crippen molar-refractivity contribution in [3.05, 3.63) is 0 Å². The molecule has 0 aromatic rings. The van der Waals surface area contributed by atoms with Crippen molar-refractivity contribution in [3.63, 3.8) is 0 Å². The number of unbranched alkanes of at least 4 members (excludes halogenated alkanes) is 1. The molecule has 0 aliphatic carbocycles. The predicted molar refractivity (Wildman–Crippen MR) is 63.3 cm³/mol. The zero-order valence-corrected chi connectivity index (χ0v) is 11.3. The van der Waals surface area contributed by atoms with Crippen molar-refractivity contribution in [2.45, 2.75) is 33.6 Å². The fourth-order valence-corrected chi connectivity index (χ4v) is 3.06. The van der Waals surface area contributed by atoms with Crippen LogP contribution >= 0.6 is 7.60 Å². The van der Waals surface area contributed by atoms with Gasteiger partial charge in [0.1, 0.15) is 6.29 Å². The average Bonchev–Trinajstić information content (AvgIpc) is 2.15. The van der Waals surface area contributed by atoms with E-state index in [9.17, 15) is 4.57 Å². The van der Waals surface area contributed by atoms with E-state index in [0.29, 0.717) is 19.5 Å². The normalized spacial score (nSPS) is 12.3. The van der Waals surface area contributed by atoms with Gasteiger partial charge in [-0.25, -0.2) is 0 Å². The fraction of sp³-hybridized carbons (Fsp3) is 1.00. The molecule has 15 heavy (non-hydrogen) atoms. The van der Waals surface area contributed by atoms with Gasteiger partial charge < -0.3 is 9.05 Å². The maximum atomic E-state index is 12.1. The van der Waals surface area contributed by atoms with E-state index in [4.69, 9.17) is 9.05 Å². The molecule has 5 heteroatoms. The Balaban J connectivity index is 4.08. The highest BCUT2D eigenvalue weighted by Crippen LogP contribution is 2.48. The van der Waals surface area contributed by atoms with Crippen LogP contribution in [0.15, 0.2) is 0 Å². The van der Waals surface area contributed by atoms with Crippen LogP contribution < -0.4 is 0 Å². The molecule has 4 nitrogen and oxygen atoms in total. The Morgan fingerprint density at radius 3 is 2.07 bits per heavy atom. The summed E-state index contributed by atoms with van der Waals surface area (Å²) in [5, 5.41) is 0. The van der Waals surface area contributed by atoms with Gasteiger partial charge in [-0.1, -0.05) is 13.3 Å². The highest BCUT2D eigenvalue weighted by molar-refractivity contribution is 7.53. The van der Waals surface area contributed by atoms with Crippen LogP contribution in [-0.2, 0) is 13.6 Å². The van der Waals surface area contributed by atoms with E-state index in [1.54, 1.807) is 0 Å². The quantitative estimate of drug-likeness (QED) is 0.578. The summed E-state index contributed by atoms with van der Waals surface area (Å²) in [5.41, 5.74) is 0. The zero-order valence-electron chi connectivity index (χ0n) is 10.4. The molecule has 0 rings (SSSR count). The molecule has 0 heterocycles. The maximum Gasteiger partial charge on any atom is 0.344 e. The predicted octanol–water partition coefficient (Wildman–Crippen LogP) is 2.94. The van der Waals surface area contributed by atoms with Gasteiger partial charge in [-0.15, -0.1) is 0 Å². The summed E-state index contributed by atoms with van der Waals surface area (Å²) in [6.07, 6.45) is 2.63. The smallest absolute Gasteiger partial charge is 0.308 e. The van der Waals surface area contributed by atoms with Crippen molar-refractivity contribution < 1.29 is 13.6 Å². The lowest BCUT2D eigenvalue weighted by atomic mass is 10.3. The second-order valence-corrected chi connectivity index (χ2v) is 5.54. The average molecular weight is 237 g/mol. The largest absolute Gasteiger partial charge is 0.344 e. The summed E-state index contributed by atoms with van der Waals surface area (Å²) in [7, 11) is -0.945. The maximum absolute atomic E-state index is 12.1. The third-order valence-electron chi connectivity index (χ3n) is 1.96. The monoisotopic (exact) mass is 237 g/mol. The molecule has 0 aromatic carbocycles. The minimum atomic E-state index is -2.89. The summed E-state index contributed by atoms with van der Waals surface area (Å²) in [5.74, 6) is 0. The van der Waals surface area contributed by atoms with E-state index in [0.717, 1.165) is 19.4 Å². The van der Waals surface area contributed by atoms with Crippen molar-refractivity contribution in [1.29, 1.82) is 0 Å². The molecule has 0 fully saturated rings. The van der Waals surface area contributed by atoms with Crippen LogP contribution in [0.5, 0.6) is 0 Å². The molecule has 0 aliphatic rings. The first-order valence-electron chi connectivity index (χ1n) is 5.64. The van der Waals surface area contributed by atoms with Gasteiger partial charge in [0.2, 0.25) is 0 Å². The molecule has 0 bridgehead atoms. The number of rotatable bonds is 9. The van der Waals surface area contributed by atoms with Gasteiger partial charge >= 0.3 is 7.60 Å². The van der Waals surface area contributed by atoms with Crippen LogP contribution in [0.1, 0.15) is 33.6 Å². The van der Waals surface area contributed by atoms with Crippen LogP contribution in [-0.4, -0.2) is 38.0 Å². The zero-order chi connectivity index (χ0) is 11.7. The third-order valence-corrected chi connectivity index (χ3v) is 4.09. The molecule has 0 amide bonds. The van der Waals surface area contributed by atoms with E-state index in [-0.39, 0.29) is 0 Å².